The lowest BCUT2D eigenvalue weighted by Crippen LogP contribution is -2.12. The van der Waals surface area contributed by atoms with E-state index in [1.165, 1.54) is 0 Å². The average molecular weight is 221 g/mol. The Labute approximate surface area is 96.6 Å². The first-order valence-electron chi connectivity index (χ1n) is 5.57. The van der Waals surface area contributed by atoms with E-state index in [0.29, 0.717) is 23.8 Å². The molecule has 1 aromatic carbocycles. The maximum atomic E-state index is 11.7. The van der Waals surface area contributed by atoms with Crippen LogP contribution in [0.25, 0.3) is 0 Å². The van der Waals surface area contributed by atoms with Crippen LogP contribution in [0.3, 0.4) is 0 Å². The second kappa shape index (κ2) is 5.54. The zero-order chi connectivity index (χ0) is 12.1. The zero-order valence-electron chi connectivity index (χ0n) is 10.1. The quantitative estimate of drug-likeness (QED) is 0.628. The molecule has 2 N–H and O–H groups in total. The monoisotopic (exact) mass is 221 g/mol. The molecule has 1 unspecified atom stereocenters. The molecule has 0 saturated heterocycles. The maximum absolute atomic E-state index is 11.7. The van der Waals surface area contributed by atoms with Gasteiger partial charge in [0, 0.05) is 5.69 Å². The Kier molecular flexibility index (Phi) is 4.35. The molecule has 88 valence electrons. The van der Waals surface area contributed by atoms with Crippen LogP contribution in [0.1, 0.15) is 36.2 Å². The van der Waals surface area contributed by atoms with Gasteiger partial charge in [0.2, 0.25) is 0 Å². The van der Waals surface area contributed by atoms with Crippen molar-refractivity contribution < 1.29 is 9.53 Å². The van der Waals surface area contributed by atoms with E-state index in [-0.39, 0.29) is 5.97 Å². The molecule has 0 bridgehead atoms. The third kappa shape index (κ3) is 3.26. The molecule has 0 aliphatic carbocycles. The maximum Gasteiger partial charge on any atom is 0.338 e. The fraction of sp³-hybridized carbons (Fsp3) is 0.462. The molecule has 1 atom stereocenters. The number of carbonyl (C=O) groups is 1. The summed E-state index contributed by atoms with van der Waals surface area (Å²) in [6, 6.07) is 5.20. The topological polar surface area (TPSA) is 52.3 Å². The van der Waals surface area contributed by atoms with Crippen molar-refractivity contribution in [1.29, 1.82) is 0 Å². The third-order valence-electron chi connectivity index (χ3n) is 2.67. The standard InChI is InChI=1S/C13H19NO2/c1-4-9(2)8-16-13(15)12-6-5-11(14)7-10(12)3/h5-7,9H,4,8,14H2,1-3H3. The average Bonchev–Trinajstić information content (AvgIpc) is 2.25. The van der Waals surface area contributed by atoms with Crippen LogP contribution in [0.5, 0.6) is 0 Å². The Bertz CT molecular complexity index is 374. The predicted octanol–water partition coefficient (Wildman–Crippen LogP) is 2.78. The number of nitrogens with two attached hydrogens (primary N) is 1. The molecular weight excluding hydrogens is 202 g/mol. The van der Waals surface area contributed by atoms with Crippen LogP contribution in [0.15, 0.2) is 18.2 Å². The molecule has 0 aliphatic heterocycles. The molecule has 0 aromatic heterocycles. The number of benzene rings is 1. The van der Waals surface area contributed by atoms with E-state index >= 15 is 0 Å². The SMILES string of the molecule is CCC(C)COC(=O)c1ccc(N)cc1C. The van der Waals surface area contributed by atoms with Crippen molar-refractivity contribution in [2.45, 2.75) is 27.2 Å². The van der Waals surface area contributed by atoms with Gasteiger partial charge in [0.25, 0.3) is 0 Å². The predicted molar refractivity (Wildman–Crippen MR) is 65.3 cm³/mol. The Morgan fingerprint density at radius 3 is 2.75 bits per heavy atom. The first kappa shape index (κ1) is 12.6. The second-order valence-electron chi connectivity index (χ2n) is 4.19. The highest BCUT2D eigenvalue weighted by atomic mass is 16.5. The summed E-state index contributed by atoms with van der Waals surface area (Å²) in [5.41, 5.74) is 7.73. The molecule has 0 heterocycles. The van der Waals surface area contributed by atoms with E-state index < -0.39 is 0 Å². The summed E-state index contributed by atoms with van der Waals surface area (Å²) in [5, 5.41) is 0. The fourth-order valence-electron chi connectivity index (χ4n) is 1.33. The lowest BCUT2D eigenvalue weighted by atomic mass is 10.1. The first-order chi connectivity index (χ1) is 7.54. The number of anilines is 1. The number of ether oxygens (including phenoxy) is 1. The van der Waals surface area contributed by atoms with E-state index in [2.05, 4.69) is 13.8 Å². The number of hydrogen-bond acceptors (Lipinski definition) is 3. The molecule has 0 aliphatic rings. The van der Waals surface area contributed by atoms with Gasteiger partial charge in [0.1, 0.15) is 0 Å². The molecule has 0 radical (unpaired) electrons. The molecule has 1 rings (SSSR count). The summed E-state index contributed by atoms with van der Waals surface area (Å²) in [6.07, 6.45) is 1.01. The van der Waals surface area contributed by atoms with Crippen LogP contribution in [0.2, 0.25) is 0 Å². The molecule has 0 fully saturated rings. The smallest absolute Gasteiger partial charge is 0.338 e. The lowest BCUT2D eigenvalue weighted by Gasteiger charge is -2.11. The van der Waals surface area contributed by atoms with Gasteiger partial charge in [-0.3, -0.25) is 0 Å². The number of nitrogen functional groups attached to an aromatic ring is 1. The minimum atomic E-state index is -0.266. The Hall–Kier alpha value is -1.51. The van der Waals surface area contributed by atoms with Crippen molar-refractivity contribution in [1.82, 2.24) is 0 Å². The van der Waals surface area contributed by atoms with Gasteiger partial charge in [0.05, 0.1) is 12.2 Å². The molecule has 16 heavy (non-hydrogen) atoms. The Morgan fingerprint density at radius 2 is 2.19 bits per heavy atom. The number of carbonyl (C=O) groups excluding carboxylic acids is 1. The summed E-state index contributed by atoms with van der Waals surface area (Å²) in [4.78, 5) is 11.7. The van der Waals surface area contributed by atoms with Crippen molar-refractivity contribution in [2.24, 2.45) is 5.92 Å². The van der Waals surface area contributed by atoms with E-state index in [4.69, 9.17) is 10.5 Å². The van der Waals surface area contributed by atoms with Crippen molar-refractivity contribution in [3.63, 3.8) is 0 Å². The second-order valence-corrected chi connectivity index (χ2v) is 4.19. The lowest BCUT2D eigenvalue weighted by molar-refractivity contribution is 0.0446. The third-order valence-corrected chi connectivity index (χ3v) is 2.67. The minimum Gasteiger partial charge on any atom is -0.462 e. The van der Waals surface area contributed by atoms with Crippen molar-refractivity contribution in [3.05, 3.63) is 29.3 Å². The van der Waals surface area contributed by atoms with Crippen molar-refractivity contribution in [3.8, 4) is 0 Å². The largest absolute Gasteiger partial charge is 0.462 e. The summed E-state index contributed by atoms with van der Waals surface area (Å²) in [7, 11) is 0. The zero-order valence-corrected chi connectivity index (χ0v) is 10.1. The molecule has 0 amide bonds. The Morgan fingerprint density at radius 1 is 1.50 bits per heavy atom. The van der Waals surface area contributed by atoms with Gasteiger partial charge < -0.3 is 10.5 Å². The van der Waals surface area contributed by atoms with Crippen LogP contribution < -0.4 is 5.73 Å². The van der Waals surface area contributed by atoms with Crippen LogP contribution in [-0.4, -0.2) is 12.6 Å². The highest BCUT2D eigenvalue weighted by molar-refractivity contribution is 5.91. The van der Waals surface area contributed by atoms with Gasteiger partial charge in [-0.2, -0.15) is 0 Å². The van der Waals surface area contributed by atoms with Crippen LogP contribution in [0.4, 0.5) is 5.69 Å². The Balaban J connectivity index is 2.66. The molecule has 0 spiro atoms. The molecule has 1 aromatic rings. The number of hydrogen-bond donors (Lipinski definition) is 1. The van der Waals surface area contributed by atoms with Crippen molar-refractivity contribution >= 4 is 11.7 Å². The van der Waals surface area contributed by atoms with Crippen LogP contribution in [0, 0.1) is 12.8 Å². The van der Waals surface area contributed by atoms with Gasteiger partial charge in [-0.1, -0.05) is 20.3 Å². The van der Waals surface area contributed by atoms with Gasteiger partial charge >= 0.3 is 5.97 Å². The van der Waals surface area contributed by atoms with Crippen LogP contribution in [-0.2, 0) is 4.74 Å². The first-order valence-corrected chi connectivity index (χ1v) is 5.57. The fourth-order valence-corrected chi connectivity index (χ4v) is 1.33. The van der Waals surface area contributed by atoms with E-state index in [1.807, 2.05) is 6.92 Å². The molecule has 3 heteroatoms. The highest BCUT2D eigenvalue weighted by Crippen LogP contribution is 2.14. The van der Waals surface area contributed by atoms with Gasteiger partial charge in [0.15, 0.2) is 0 Å². The van der Waals surface area contributed by atoms with Gasteiger partial charge in [-0.15, -0.1) is 0 Å². The van der Waals surface area contributed by atoms with E-state index in [0.717, 1.165) is 12.0 Å². The molecular formula is C13H19NO2. The molecule has 0 saturated carbocycles. The number of aryl methyl sites for hydroxylation is 1. The van der Waals surface area contributed by atoms with E-state index in [9.17, 15) is 4.79 Å². The van der Waals surface area contributed by atoms with Crippen molar-refractivity contribution in [2.75, 3.05) is 12.3 Å². The summed E-state index contributed by atoms with van der Waals surface area (Å²) in [5.74, 6) is 0.135. The van der Waals surface area contributed by atoms with Crippen LogP contribution >= 0.6 is 0 Å². The number of rotatable bonds is 4. The molecule has 3 nitrogen and oxygen atoms in total. The highest BCUT2D eigenvalue weighted by Gasteiger charge is 2.11. The van der Waals surface area contributed by atoms with Gasteiger partial charge in [-0.05, 0) is 36.6 Å². The summed E-state index contributed by atoms with van der Waals surface area (Å²) < 4.78 is 5.22. The summed E-state index contributed by atoms with van der Waals surface area (Å²) in [6.45, 7) is 6.46. The summed E-state index contributed by atoms with van der Waals surface area (Å²) >= 11 is 0. The number of esters is 1. The van der Waals surface area contributed by atoms with E-state index in [1.54, 1.807) is 18.2 Å². The normalized spacial score (nSPS) is 12.2. The minimum absolute atomic E-state index is 0.266. The van der Waals surface area contributed by atoms with Gasteiger partial charge in [-0.25, -0.2) is 4.79 Å².